The maximum Gasteiger partial charge on any atom is 0.256 e. The van der Waals surface area contributed by atoms with E-state index in [1.165, 1.54) is 18.2 Å². The molecule has 1 unspecified atom stereocenters. The minimum Gasteiger partial charge on any atom is -0.332 e. The molecule has 32 heavy (non-hydrogen) atoms. The summed E-state index contributed by atoms with van der Waals surface area (Å²) >= 11 is 0. The normalized spacial score (nSPS) is 12.0. The standard InChI is InChI=1S/C25H22FN5O/c1-30(2)16-22-23(17-8-4-3-5-9-17)29-24-20(12-7-13-31(22)24)25(32)28-21(15-27)18-10-6-11-19(26)14-18/h3-14,21H,16H2,1-2H3,(H,28,32). The number of hydrogen-bond donors (Lipinski definition) is 1. The van der Waals surface area contributed by atoms with E-state index in [0.717, 1.165) is 17.0 Å². The second kappa shape index (κ2) is 9.00. The van der Waals surface area contributed by atoms with Crippen LogP contribution in [0.1, 0.15) is 27.7 Å². The third kappa shape index (κ3) is 4.22. The number of carbonyl (C=O) groups excluding carboxylic acids is 1. The summed E-state index contributed by atoms with van der Waals surface area (Å²) in [4.78, 5) is 20.0. The number of nitrogens with one attached hydrogen (secondary N) is 1. The summed E-state index contributed by atoms with van der Waals surface area (Å²) in [6.07, 6.45) is 1.87. The Hall–Kier alpha value is -4.02. The summed E-state index contributed by atoms with van der Waals surface area (Å²) < 4.78 is 15.5. The molecule has 7 heteroatoms. The third-order valence-electron chi connectivity index (χ3n) is 5.09. The van der Waals surface area contributed by atoms with Gasteiger partial charge in [-0.15, -0.1) is 0 Å². The number of pyridine rings is 1. The predicted octanol–water partition coefficient (Wildman–Crippen LogP) is 4.20. The van der Waals surface area contributed by atoms with E-state index in [2.05, 4.69) is 5.32 Å². The van der Waals surface area contributed by atoms with Gasteiger partial charge in [-0.2, -0.15) is 5.26 Å². The maximum absolute atomic E-state index is 13.6. The van der Waals surface area contributed by atoms with Crippen LogP contribution in [0, 0.1) is 17.1 Å². The Morgan fingerprint density at radius 1 is 1.16 bits per heavy atom. The fourth-order valence-corrected chi connectivity index (χ4v) is 3.66. The minimum atomic E-state index is -0.983. The number of imidazole rings is 1. The molecule has 6 nitrogen and oxygen atoms in total. The van der Waals surface area contributed by atoms with E-state index >= 15 is 0 Å². The molecule has 0 aliphatic rings. The third-order valence-corrected chi connectivity index (χ3v) is 5.09. The summed E-state index contributed by atoms with van der Waals surface area (Å²) in [6.45, 7) is 0.626. The Balaban J connectivity index is 1.77. The van der Waals surface area contributed by atoms with E-state index in [-0.39, 0.29) is 0 Å². The molecule has 0 radical (unpaired) electrons. The van der Waals surface area contributed by atoms with Gasteiger partial charge in [-0.3, -0.25) is 4.79 Å². The first-order valence-electron chi connectivity index (χ1n) is 10.1. The lowest BCUT2D eigenvalue weighted by Gasteiger charge is -2.13. The lowest BCUT2D eigenvalue weighted by Crippen LogP contribution is -2.28. The van der Waals surface area contributed by atoms with Gasteiger partial charge in [0.25, 0.3) is 5.91 Å². The summed E-state index contributed by atoms with van der Waals surface area (Å²) in [5, 5.41) is 12.3. The van der Waals surface area contributed by atoms with Crippen LogP contribution in [-0.2, 0) is 6.54 Å². The topological polar surface area (TPSA) is 73.4 Å². The second-order valence-electron chi connectivity index (χ2n) is 7.72. The Kier molecular flexibility index (Phi) is 5.97. The van der Waals surface area contributed by atoms with E-state index in [1.54, 1.807) is 18.2 Å². The van der Waals surface area contributed by atoms with Gasteiger partial charge in [0.15, 0.2) is 5.65 Å². The largest absolute Gasteiger partial charge is 0.332 e. The van der Waals surface area contributed by atoms with Crippen molar-refractivity contribution < 1.29 is 9.18 Å². The number of hydrogen-bond acceptors (Lipinski definition) is 4. The molecular formula is C25H22FN5O. The van der Waals surface area contributed by atoms with E-state index in [9.17, 15) is 14.4 Å². The number of nitrogens with zero attached hydrogens (tertiary/aromatic N) is 4. The zero-order valence-electron chi connectivity index (χ0n) is 17.8. The first kappa shape index (κ1) is 21.2. The molecule has 1 N–H and O–H groups in total. The van der Waals surface area contributed by atoms with Crippen LogP contribution in [0.5, 0.6) is 0 Å². The van der Waals surface area contributed by atoms with Crippen molar-refractivity contribution in [3.8, 4) is 17.3 Å². The molecule has 2 aromatic carbocycles. The SMILES string of the molecule is CN(C)Cc1c(-c2ccccc2)nc2c(C(=O)NC(C#N)c3cccc(F)c3)cccn12. The molecule has 4 aromatic rings. The zero-order valence-corrected chi connectivity index (χ0v) is 17.8. The summed E-state index contributed by atoms with van der Waals surface area (Å²) in [5.74, 6) is -0.916. The number of aromatic nitrogens is 2. The van der Waals surface area contributed by atoms with Gasteiger partial charge in [-0.05, 0) is 43.9 Å². The molecule has 160 valence electrons. The molecule has 2 aromatic heterocycles. The Morgan fingerprint density at radius 3 is 2.62 bits per heavy atom. The van der Waals surface area contributed by atoms with E-state index in [4.69, 9.17) is 4.98 Å². The van der Waals surface area contributed by atoms with Crippen molar-refractivity contribution in [3.05, 3.63) is 95.6 Å². The van der Waals surface area contributed by atoms with Crippen molar-refractivity contribution in [2.24, 2.45) is 0 Å². The number of benzene rings is 2. The van der Waals surface area contributed by atoms with E-state index in [0.29, 0.717) is 23.3 Å². The molecule has 0 aliphatic heterocycles. The highest BCUT2D eigenvalue weighted by molar-refractivity contribution is 6.00. The number of fused-ring (bicyclic) bond motifs is 1. The molecule has 0 aliphatic carbocycles. The molecule has 1 amide bonds. The van der Waals surface area contributed by atoms with Crippen molar-refractivity contribution in [2.75, 3.05) is 14.1 Å². The van der Waals surface area contributed by atoms with Gasteiger partial charge in [0.1, 0.15) is 11.9 Å². The highest BCUT2D eigenvalue weighted by Crippen LogP contribution is 2.27. The maximum atomic E-state index is 13.6. The van der Waals surface area contributed by atoms with Crippen LogP contribution in [0.25, 0.3) is 16.9 Å². The van der Waals surface area contributed by atoms with Gasteiger partial charge in [0, 0.05) is 18.3 Å². The number of carbonyl (C=O) groups is 1. The predicted molar refractivity (Wildman–Crippen MR) is 120 cm³/mol. The molecule has 0 fully saturated rings. The highest BCUT2D eigenvalue weighted by Gasteiger charge is 2.22. The molecular weight excluding hydrogens is 405 g/mol. The zero-order chi connectivity index (χ0) is 22.7. The molecule has 2 heterocycles. The van der Waals surface area contributed by atoms with Crippen LogP contribution in [0.2, 0.25) is 0 Å². The number of halogens is 1. The lowest BCUT2D eigenvalue weighted by atomic mass is 10.1. The minimum absolute atomic E-state index is 0.339. The molecule has 0 bridgehead atoms. The molecule has 0 saturated heterocycles. The molecule has 0 saturated carbocycles. The van der Waals surface area contributed by atoms with Crippen molar-refractivity contribution in [3.63, 3.8) is 0 Å². The molecule has 0 spiro atoms. The van der Waals surface area contributed by atoms with E-state index < -0.39 is 17.8 Å². The Morgan fingerprint density at radius 2 is 1.94 bits per heavy atom. The van der Waals surface area contributed by atoms with Gasteiger partial charge < -0.3 is 14.6 Å². The second-order valence-corrected chi connectivity index (χ2v) is 7.72. The number of nitriles is 1. The van der Waals surface area contributed by atoms with Crippen LogP contribution < -0.4 is 5.32 Å². The summed E-state index contributed by atoms with van der Waals surface area (Å²) in [7, 11) is 3.95. The van der Waals surface area contributed by atoms with Crippen molar-refractivity contribution >= 4 is 11.6 Å². The molecule has 1 atom stereocenters. The average molecular weight is 427 g/mol. The first-order chi connectivity index (χ1) is 15.5. The first-order valence-corrected chi connectivity index (χ1v) is 10.1. The fourth-order valence-electron chi connectivity index (χ4n) is 3.66. The fraction of sp³-hybridized carbons (Fsp3) is 0.160. The number of rotatable bonds is 6. The highest BCUT2D eigenvalue weighted by atomic mass is 19.1. The van der Waals surface area contributed by atoms with Crippen LogP contribution >= 0.6 is 0 Å². The Bertz CT molecular complexity index is 1310. The smallest absolute Gasteiger partial charge is 0.256 e. The Labute approximate surface area is 185 Å². The van der Waals surface area contributed by atoms with Gasteiger partial charge in [0.05, 0.1) is 23.0 Å². The average Bonchev–Trinajstić information content (AvgIpc) is 3.15. The van der Waals surface area contributed by atoms with Crippen LogP contribution in [0.4, 0.5) is 4.39 Å². The lowest BCUT2D eigenvalue weighted by molar-refractivity contribution is 0.0946. The number of amides is 1. The van der Waals surface area contributed by atoms with Gasteiger partial charge >= 0.3 is 0 Å². The molecule has 4 rings (SSSR count). The summed E-state index contributed by atoms with van der Waals surface area (Å²) in [5.41, 5.74) is 3.92. The van der Waals surface area contributed by atoms with Gasteiger partial charge in [-0.25, -0.2) is 9.37 Å². The van der Waals surface area contributed by atoms with Crippen LogP contribution in [0.15, 0.2) is 72.9 Å². The van der Waals surface area contributed by atoms with Crippen molar-refractivity contribution in [1.29, 1.82) is 5.26 Å². The summed E-state index contributed by atoms with van der Waals surface area (Å²) in [6, 6.07) is 20.0. The van der Waals surface area contributed by atoms with Gasteiger partial charge in [-0.1, -0.05) is 42.5 Å². The van der Waals surface area contributed by atoms with Crippen molar-refractivity contribution in [1.82, 2.24) is 19.6 Å². The van der Waals surface area contributed by atoms with E-state index in [1.807, 2.05) is 66.0 Å². The van der Waals surface area contributed by atoms with Crippen LogP contribution in [-0.4, -0.2) is 34.3 Å². The monoisotopic (exact) mass is 427 g/mol. The van der Waals surface area contributed by atoms with Crippen molar-refractivity contribution in [2.45, 2.75) is 12.6 Å². The van der Waals surface area contributed by atoms with Crippen LogP contribution in [0.3, 0.4) is 0 Å². The quantitative estimate of drug-likeness (QED) is 0.501. The van der Waals surface area contributed by atoms with Gasteiger partial charge in [0.2, 0.25) is 0 Å².